The van der Waals surface area contributed by atoms with Gasteiger partial charge in [-0.25, -0.2) is 9.37 Å². The summed E-state index contributed by atoms with van der Waals surface area (Å²) < 4.78 is 18.8. The summed E-state index contributed by atoms with van der Waals surface area (Å²) in [5.74, 6) is 0.149. The van der Waals surface area contributed by atoms with Crippen LogP contribution in [0.3, 0.4) is 0 Å². The molecular formula is C14H17FN2O. The fraction of sp³-hybridized carbons (Fsp3) is 0.357. The summed E-state index contributed by atoms with van der Waals surface area (Å²) in [4.78, 5) is 4.50. The van der Waals surface area contributed by atoms with E-state index in [1.54, 1.807) is 0 Å². The molecule has 0 bridgehead atoms. The summed E-state index contributed by atoms with van der Waals surface area (Å²) in [6.45, 7) is 6.71. The van der Waals surface area contributed by atoms with Gasteiger partial charge in [-0.05, 0) is 32.4 Å². The van der Waals surface area contributed by atoms with Crippen LogP contribution in [0.4, 0.5) is 10.1 Å². The van der Waals surface area contributed by atoms with Crippen LogP contribution in [0.15, 0.2) is 12.1 Å². The highest BCUT2D eigenvalue weighted by molar-refractivity contribution is 5.96. The molecular weight excluding hydrogens is 231 g/mol. The minimum Gasteiger partial charge on any atom is -0.494 e. The Hall–Kier alpha value is -1.84. The number of anilines is 1. The first kappa shape index (κ1) is 12.6. The summed E-state index contributed by atoms with van der Waals surface area (Å²) in [6.07, 6.45) is 0. The molecule has 3 nitrogen and oxygen atoms in total. The molecule has 2 aromatic rings. The zero-order valence-corrected chi connectivity index (χ0v) is 11.1. The Balaban J connectivity index is 2.86. The SMILES string of the molecule is CCNc1c(C)c(C)nc2c(OC)cc(F)cc12. The average molecular weight is 248 g/mol. The molecule has 96 valence electrons. The molecule has 0 radical (unpaired) electrons. The van der Waals surface area contributed by atoms with Gasteiger partial charge in [0.05, 0.1) is 7.11 Å². The van der Waals surface area contributed by atoms with Crippen LogP contribution < -0.4 is 10.1 Å². The van der Waals surface area contributed by atoms with Crippen LogP contribution in [0.1, 0.15) is 18.2 Å². The van der Waals surface area contributed by atoms with Gasteiger partial charge in [-0.15, -0.1) is 0 Å². The molecule has 0 aliphatic carbocycles. The summed E-state index contributed by atoms with van der Waals surface area (Å²) in [5.41, 5.74) is 3.58. The number of pyridine rings is 1. The molecule has 0 unspecified atom stereocenters. The standard InChI is InChI=1S/C14H17FN2O/c1-5-16-13-8(2)9(3)17-14-11(13)6-10(15)7-12(14)18-4/h6-7H,5H2,1-4H3,(H,16,17). The zero-order chi connectivity index (χ0) is 13.3. The van der Waals surface area contributed by atoms with E-state index < -0.39 is 0 Å². The number of hydrogen-bond acceptors (Lipinski definition) is 3. The number of hydrogen-bond donors (Lipinski definition) is 1. The van der Waals surface area contributed by atoms with Crippen molar-refractivity contribution in [2.45, 2.75) is 20.8 Å². The van der Waals surface area contributed by atoms with Crippen molar-refractivity contribution in [1.29, 1.82) is 0 Å². The van der Waals surface area contributed by atoms with Crippen molar-refractivity contribution in [1.82, 2.24) is 4.98 Å². The third kappa shape index (κ3) is 1.98. The van der Waals surface area contributed by atoms with E-state index in [1.165, 1.54) is 19.2 Å². The molecule has 1 N–H and O–H groups in total. The maximum atomic E-state index is 13.6. The van der Waals surface area contributed by atoms with Crippen molar-refractivity contribution >= 4 is 16.6 Å². The largest absolute Gasteiger partial charge is 0.494 e. The van der Waals surface area contributed by atoms with Crippen molar-refractivity contribution in [2.75, 3.05) is 19.0 Å². The summed E-state index contributed by atoms with van der Waals surface area (Å²) in [6, 6.07) is 2.86. The number of aryl methyl sites for hydroxylation is 1. The van der Waals surface area contributed by atoms with Gasteiger partial charge in [0.25, 0.3) is 0 Å². The van der Waals surface area contributed by atoms with Crippen LogP contribution in [-0.2, 0) is 0 Å². The fourth-order valence-corrected chi connectivity index (χ4v) is 2.07. The first-order valence-electron chi connectivity index (χ1n) is 5.96. The van der Waals surface area contributed by atoms with E-state index in [1.807, 2.05) is 20.8 Å². The molecule has 1 aromatic heterocycles. The number of nitrogens with zero attached hydrogens (tertiary/aromatic N) is 1. The Morgan fingerprint density at radius 2 is 2.06 bits per heavy atom. The molecule has 0 fully saturated rings. The van der Waals surface area contributed by atoms with Crippen molar-refractivity contribution in [3.63, 3.8) is 0 Å². The second kappa shape index (κ2) is 4.80. The highest BCUT2D eigenvalue weighted by Gasteiger charge is 2.13. The Kier molecular flexibility index (Phi) is 3.36. The minimum absolute atomic E-state index is 0.316. The highest BCUT2D eigenvalue weighted by Crippen LogP contribution is 2.33. The van der Waals surface area contributed by atoms with E-state index in [0.717, 1.165) is 28.9 Å². The van der Waals surface area contributed by atoms with Crippen molar-refractivity contribution in [3.8, 4) is 5.75 Å². The molecule has 0 atom stereocenters. The number of aromatic nitrogens is 1. The maximum Gasteiger partial charge on any atom is 0.148 e. The van der Waals surface area contributed by atoms with Gasteiger partial charge in [-0.2, -0.15) is 0 Å². The van der Waals surface area contributed by atoms with Gasteiger partial charge in [-0.3, -0.25) is 0 Å². The van der Waals surface area contributed by atoms with E-state index >= 15 is 0 Å². The number of halogens is 1. The van der Waals surface area contributed by atoms with Crippen molar-refractivity contribution in [3.05, 3.63) is 29.2 Å². The van der Waals surface area contributed by atoms with Crippen LogP contribution in [0.25, 0.3) is 10.9 Å². The van der Waals surface area contributed by atoms with E-state index in [-0.39, 0.29) is 5.82 Å². The number of fused-ring (bicyclic) bond motifs is 1. The third-order valence-corrected chi connectivity index (χ3v) is 3.08. The summed E-state index contributed by atoms with van der Waals surface area (Å²) in [5, 5.41) is 4.04. The van der Waals surface area contributed by atoms with Gasteiger partial charge in [0, 0.05) is 29.4 Å². The molecule has 2 rings (SSSR count). The topological polar surface area (TPSA) is 34.2 Å². The molecule has 0 spiro atoms. The predicted octanol–water partition coefficient (Wildman–Crippen LogP) is 3.43. The lowest BCUT2D eigenvalue weighted by atomic mass is 10.1. The van der Waals surface area contributed by atoms with Crippen molar-refractivity contribution < 1.29 is 9.13 Å². The van der Waals surface area contributed by atoms with Crippen LogP contribution in [0.5, 0.6) is 5.75 Å². The second-order valence-electron chi connectivity index (χ2n) is 4.23. The molecule has 0 saturated heterocycles. The minimum atomic E-state index is -0.316. The van der Waals surface area contributed by atoms with Gasteiger partial charge in [0.2, 0.25) is 0 Å². The highest BCUT2D eigenvalue weighted by atomic mass is 19.1. The lowest BCUT2D eigenvalue weighted by molar-refractivity contribution is 0.415. The first-order chi connectivity index (χ1) is 8.58. The van der Waals surface area contributed by atoms with Gasteiger partial charge in [0.15, 0.2) is 0 Å². The quantitative estimate of drug-likeness (QED) is 0.903. The maximum absolute atomic E-state index is 13.6. The summed E-state index contributed by atoms with van der Waals surface area (Å²) >= 11 is 0. The number of benzene rings is 1. The van der Waals surface area contributed by atoms with Crippen LogP contribution in [-0.4, -0.2) is 18.6 Å². The number of rotatable bonds is 3. The zero-order valence-electron chi connectivity index (χ0n) is 11.1. The molecule has 1 heterocycles. The molecule has 0 aliphatic heterocycles. The molecule has 0 saturated carbocycles. The molecule has 4 heteroatoms. The number of nitrogens with one attached hydrogen (secondary N) is 1. The Morgan fingerprint density at radius 3 is 2.67 bits per heavy atom. The number of methoxy groups -OCH3 is 1. The van der Waals surface area contributed by atoms with E-state index in [9.17, 15) is 4.39 Å². The molecule has 0 aliphatic rings. The van der Waals surface area contributed by atoms with E-state index in [0.29, 0.717) is 11.3 Å². The van der Waals surface area contributed by atoms with Gasteiger partial charge in [-0.1, -0.05) is 0 Å². The molecule has 18 heavy (non-hydrogen) atoms. The van der Waals surface area contributed by atoms with Gasteiger partial charge < -0.3 is 10.1 Å². The normalized spacial score (nSPS) is 10.7. The predicted molar refractivity (Wildman–Crippen MR) is 71.9 cm³/mol. The van der Waals surface area contributed by atoms with Crippen LogP contribution in [0.2, 0.25) is 0 Å². The van der Waals surface area contributed by atoms with Gasteiger partial charge in [0.1, 0.15) is 17.1 Å². The monoisotopic (exact) mass is 248 g/mol. The van der Waals surface area contributed by atoms with Crippen LogP contribution >= 0.6 is 0 Å². The van der Waals surface area contributed by atoms with Crippen LogP contribution in [0, 0.1) is 19.7 Å². The Morgan fingerprint density at radius 1 is 1.33 bits per heavy atom. The summed E-state index contributed by atoms with van der Waals surface area (Å²) in [7, 11) is 1.53. The Bertz CT molecular complexity index is 596. The second-order valence-corrected chi connectivity index (χ2v) is 4.23. The average Bonchev–Trinajstić information content (AvgIpc) is 2.35. The smallest absolute Gasteiger partial charge is 0.148 e. The van der Waals surface area contributed by atoms with Crippen molar-refractivity contribution in [2.24, 2.45) is 0 Å². The lowest BCUT2D eigenvalue weighted by Gasteiger charge is -2.15. The molecule has 1 aromatic carbocycles. The van der Waals surface area contributed by atoms with E-state index in [2.05, 4.69) is 10.3 Å². The van der Waals surface area contributed by atoms with E-state index in [4.69, 9.17) is 4.74 Å². The number of ether oxygens (including phenoxy) is 1. The first-order valence-corrected chi connectivity index (χ1v) is 5.96. The lowest BCUT2D eigenvalue weighted by Crippen LogP contribution is -2.04. The fourth-order valence-electron chi connectivity index (χ4n) is 2.07. The Labute approximate surface area is 106 Å². The third-order valence-electron chi connectivity index (χ3n) is 3.08. The van der Waals surface area contributed by atoms with Gasteiger partial charge >= 0.3 is 0 Å². The molecule has 0 amide bonds.